The Morgan fingerprint density at radius 2 is 1.01 bits per heavy atom. The van der Waals surface area contributed by atoms with Gasteiger partial charge >= 0.3 is 26.1 Å². The van der Waals surface area contributed by atoms with Crippen molar-refractivity contribution in [1.82, 2.24) is 40.4 Å². The number of halogens is 4. The van der Waals surface area contributed by atoms with Crippen molar-refractivity contribution in [2.45, 2.75) is 196 Å². The molecule has 2 aromatic heterocycles. The zero-order chi connectivity index (χ0) is 58.6. The van der Waals surface area contributed by atoms with Gasteiger partial charge in [0.2, 0.25) is 10.6 Å². The van der Waals surface area contributed by atoms with E-state index in [1.807, 2.05) is 71.3 Å². The van der Waals surface area contributed by atoms with E-state index in [0.29, 0.717) is 17.0 Å². The van der Waals surface area contributed by atoms with Crippen molar-refractivity contribution in [3.8, 4) is 11.3 Å². The number of nitrogens with one attached hydrogen (secondary N) is 2. The number of aromatic nitrogens is 4. The fraction of sp³-hybridized carbons (Fsp3) is 0.633. The van der Waals surface area contributed by atoms with E-state index in [1.54, 1.807) is 12.3 Å². The van der Waals surface area contributed by atoms with Gasteiger partial charge in [-0.3, -0.25) is 0 Å². The van der Waals surface area contributed by atoms with E-state index in [1.165, 1.54) is 41.3 Å². The molecule has 20 heteroatoms. The van der Waals surface area contributed by atoms with Crippen LogP contribution in [0.4, 0.5) is 9.59 Å². The van der Waals surface area contributed by atoms with Crippen LogP contribution >= 0.6 is 50.7 Å². The van der Waals surface area contributed by atoms with Crippen molar-refractivity contribution in [2.24, 2.45) is 22.7 Å². The van der Waals surface area contributed by atoms with Crippen molar-refractivity contribution >= 4 is 76.8 Å². The molecule has 2 aromatic carbocycles. The molecular formula is C60H86B2BrCl3N8O6. The third-order valence-corrected chi connectivity index (χ3v) is 18.7. The van der Waals surface area contributed by atoms with Gasteiger partial charge in [0.25, 0.3) is 0 Å². The number of likely N-dealkylation sites (tertiary alicyclic amines) is 2. The molecule has 14 nitrogen and oxygen atoms in total. The Labute approximate surface area is 501 Å². The predicted molar refractivity (Wildman–Crippen MR) is 327 cm³/mol. The summed E-state index contributed by atoms with van der Waals surface area (Å²) < 4.78 is 25.0. The van der Waals surface area contributed by atoms with Crippen LogP contribution in [0.25, 0.3) is 11.3 Å². The minimum absolute atomic E-state index is 0.0618. The second-order valence-electron chi connectivity index (χ2n) is 26.5. The molecule has 4 aromatic rings. The first-order valence-corrected chi connectivity index (χ1v) is 30.6. The highest BCUT2D eigenvalue weighted by atomic mass is 79.9. The van der Waals surface area contributed by atoms with Gasteiger partial charge in [0, 0.05) is 48.6 Å². The van der Waals surface area contributed by atoms with Crippen molar-refractivity contribution < 1.29 is 28.2 Å². The fourth-order valence-electron chi connectivity index (χ4n) is 11.0. The summed E-state index contributed by atoms with van der Waals surface area (Å²) in [5.41, 5.74) is 6.14. The molecular weight excluding hydrogens is 1140 g/mol. The molecule has 0 spiro atoms. The molecule has 4 atom stereocenters. The van der Waals surface area contributed by atoms with E-state index in [0.717, 1.165) is 93.3 Å². The number of benzene rings is 2. The number of carbonyl (C=O) groups excluding carboxylic acids is 2. The molecule has 4 aliphatic heterocycles. The molecule has 4 fully saturated rings. The maximum atomic E-state index is 13.0. The summed E-state index contributed by atoms with van der Waals surface area (Å²) in [4.78, 5) is 45.3. The summed E-state index contributed by atoms with van der Waals surface area (Å²) in [5, 5.41) is 7.46. The van der Waals surface area contributed by atoms with Gasteiger partial charge < -0.3 is 39.1 Å². The van der Waals surface area contributed by atoms with E-state index in [9.17, 15) is 9.59 Å². The highest BCUT2D eigenvalue weighted by Gasteiger charge is 2.63. The van der Waals surface area contributed by atoms with E-state index < -0.39 is 14.0 Å². The van der Waals surface area contributed by atoms with E-state index in [-0.39, 0.29) is 67.9 Å². The van der Waals surface area contributed by atoms with Crippen molar-refractivity contribution in [2.75, 3.05) is 26.2 Å². The van der Waals surface area contributed by atoms with Crippen LogP contribution in [0.1, 0.15) is 183 Å². The largest absolute Gasteiger partial charge is 0.488 e. The molecule has 436 valence electrons. The first-order valence-electron chi connectivity index (χ1n) is 28.7. The summed E-state index contributed by atoms with van der Waals surface area (Å²) >= 11 is 20.3. The molecule has 0 radical (unpaired) electrons. The summed E-state index contributed by atoms with van der Waals surface area (Å²) in [6, 6.07) is 16.8. The maximum absolute atomic E-state index is 13.0. The first kappa shape index (κ1) is 64.0. The molecule has 2 aliphatic carbocycles. The van der Waals surface area contributed by atoms with E-state index in [2.05, 4.69) is 124 Å². The number of aryl methyl sites for hydroxylation is 2. The lowest BCUT2D eigenvalue weighted by Crippen LogP contribution is -2.41. The lowest BCUT2D eigenvalue weighted by atomic mass is 9.49. The lowest BCUT2D eigenvalue weighted by Gasteiger charge is -2.32. The average molecular weight is 1220 g/mol. The number of rotatable bonds is 4. The molecule has 80 heavy (non-hydrogen) atoms. The quantitative estimate of drug-likeness (QED) is 0.0874. The average Bonchev–Trinajstić information content (AvgIpc) is 4.29. The summed E-state index contributed by atoms with van der Waals surface area (Å²) in [6.45, 7) is 33.3. The highest BCUT2D eigenvalue weighted by molar-refractivity contribution is 9.10. The zero-order valence-corrected chi connectivity index (χ0v) is 53.6. The van der Waals surface area contributed by atoms with Crippen molar-refractivity contribution in [3.63, 3.8) is 0 Å². The van der Waals surface area contributed by atoms with E-state index in [4.69, 9.17) is 53.4 Å². The van der Waals surface area contributed by atoms with Gasteiger partial charge in [0.05, 0.1) is 40.2 Å². The standard InChI is InChI=1S/C24H31ClN4O.C20H29BrN2O.C12H24B2O4.C4H2Cl2N2/c1-24(2,3)18-11-13-29(15-18)23(30)28-21-7-5-4-6-16-14-17(8-9-19(16)21)20-10-12-26-22(25)27-20;1-20(2,3)15-10-11-23(13-15)19(24)22-18-7-5-4-6-14-12-16(21)8-9-17(14)18;1-9(2)10(3,4)16-13(15-9)14-17-11(5,6)12(7,8)18-14;5-3-1-2-7-4(6)8-3/h8-10,12,14,18,21H,4-7,11,13,15H2,1-3H3,(H,28,30);8-9,12,15,18H,4-7,10-11,13H2,1-3H3,(H,22,24);1-8H3;1-2H. The predicted octanol–water partition coefficient (Wildman–Crippen LogP) is 15.0. The molecule has 4 saturated heterocycles. The van der Waals surface area contributed by atoms with Crippen LogP contribution in [-0.2, 0) is 31.5 Å². The van der Waals surface area contributed by atoms with Crippen LogP contribution in [0, 0.1) is 22.7 Å². The summed E-state index contributed by atoms with van der Waals surface area (Å²) in [7, 11) is -0.952. The monoisotopic (exact) mass is 1220 g/mol. The topological polar surface area (TPSA) is 153 Å². The van der Waals surface area contributed by atoms with Crippen LogP contribution in [0.3, 0.4) is 0 Å². The summed E-state index contributed by atoms with van der Waals surface area (Å²) in [6.07, 6.45) is 14.1. The molecule has 2 N–H and O–H groups in total. The Hall–Kier alpha value is -3.54. The van der Waals surface area contributed by atoms with Crippen LogP contribution in [0.2, 0.25) is 15.7 Å². The SMILES string of the molecule is CC(C)(C)C1CCN(C(=O)NC2CCCCc3cc(-c4ccnc(Cl)n4)ccc32)C1.CC(C)(C)C1CCN(C(=O)NC2CCCCc3cc(Br)ccc32)C1.CC1(C)OB(B2OC(C)(C)C(C)(C)O2)OC1(C)C.Clc1ccnc(Cl)n1. The lowest BCUT2D eigenvalue weighted by molar-refractivity contribution is 0.00578. The Kier molecular flexibility index (Phi) is 20.9. The Bertz CT molecular complexity index is 2700. The molecule has 0 bridgehead atoms. The number of fused-ring (bicyclic) bond motifs is 2. The maximum Gasteiger partial charge on any atom is 0.488 e. The van der Waals surface area contributed by atoms with Crippen LogP contribution < -0.4 is 10.6 Å². The molecule has 4 unspecified atom stereocenters. The number of nitrogens with zero attached hydrogens (tertiary/aromatic N) is 6. The van der Waals surface area contributed by atoms with Gasteiger partial charge in [-0.05, 0) is 205 Å². The van der Waals surface area contributed by atoms with Gasteiger partial charge in [0.15, 0.2) is 0 Å². The third-order valence-electron chi connectivity index (χ3n) is 17.7. The smallest absolute Gasteiger partial charge is 0.405 e. The van der Waals surface area contributed by atoms with Gasteiger partial charge in [-0.1, -0.05) is 100 Å². The van der Waals surface area contributed by atoms with Crippen LogP contribution in [-0.4, -0.2) is 104 Å². The molecule has 6 heterocycles. The normalized spacial score (nSPS) is 23.6. The zero-order valence-electron chi connectivity index (χ0n) is 49.8. The number of hydrogen-bond acceptors (Lipinski definition) is 10. The highest BCUT2D eigenvalue weighted by Crippen LogP contribution is 2.44. The number of carbonyl (C=O) groups is 2. The minimum Gasteiger partial charge on any atom is -0.405 e. The first-order chi connectivity index (χ1) is 37.3. The fourth-order valence-corrected chi connectivity index (χ4v) is 11.9. The second-order valence-corrected chi connectivity index (χ2v) is 28.4. The van der Waals surface area contributed by atoms with Crippen molar-refractivity contribution in [3.05, 3.63) is 103 Å². The van der Waals surface area contributed by atoms with Crippen LogP contribution in [0.15, 0.2) is 65.4 Å². The number of urea groups is 2. The molecule has 6 aliphatic rings. The van der Waals surface area contributed by atoms with Gasteiger partial charge in [-0.25, -0.2) is 29.5 Å². The van der Waals surface area contributed by atoms with E-state index >= 15 is 0 Å². The molecule has 0 saturated carbocycles. The number of hydrogen-bond donors (Lipinski definition) is 2. The Morgan fingerprint density at radius 1 is 0.588 bits per heavy atom. The second kappa shape index (κ2) is 26.2. The van der Waals surface area contributed by atoms with Gasteiger partial charge in [0.1, 0.15) is 5.15 Å². The Morgan fingerprint density at radius 3 is 1.41 bits per heavy atom. The van der Waals surface area contributed by atoms with Crippen molar-refractivity contribution in [1.29, 1.82) is 0 Å². The van der Waals surface area contributed by atoms with Gasteiger partial charge in [-0.15, -0.1) is 0 Å². The number of amides is 4. The minimum atomic E-state index is -0.476. The van der Waals surface area contributed by atoms with Crippen LogP contribution in [0.5, 0.6) is 0 Å². The third kappa shape index (κ3) is 16.4. The molecule has 4 amide bonds. The van der Waals surface area contributed by atoms with Gasteiger partial charge in [-0.2, -0.15) is 0 Å². The summed E-state index contributed by atoms with van der Waals surface area (Å²) in [5.74, 6) is 1.16. The molecule has 10 rings (SSSR count). The Balaban J connectivity index is 0.000000166.